The molecule has 0 aliphatic carbocycles. The van der Waals surface area contributed by atoms with E-state index in [2.05, 4.69) is 48.7 Å². The summed E-state index contributed by atoms with van der Waals surface area (Å²) in [5, 5.41) is 5.92. The predicted molar refractivity (Wildman–Crippen MR) is 81.6 cm³/mol. The van der Waals surface area contributed by atoms with Gasteiger partial charge in [-0.15, -0.1) is 0 Å². The minimum Gasteiger partial charge on any atom is -0.496 e. The van der Waals surface area contributed by atoms with E-state index < -0.39 is 0 Å². The van der Waals surface area contributed by atoms with Crippen molar-refractivity contribution in [2.24, 2.45) is 0 Å². The van der Waals surface area contributed by atoms with Crippen LogP contribution < -0.4 is 10.1 Å². The third-order valence-corrected chi connectivity index (χ3v) is 3.23. The monoisotopic (exact) mass is 255 g/mol. The lowest BCUT2D eigenvalue weighted by Gasteiger charge is -2.11. The smallest absolute Gasteiger partial charge is 0.126 e. The zero-order valence-corrected chi connectivity index (χ0v) is 11.6. The molecular formula is C17H21NO. The average Bonchev–Trinajstić information content (AvgIpc) is 2.47. The minimum atomic E-state index is 0.891. The van der Waals surface area contributed by atoms with Crippen LogP contribution in [0.25, 0.3) is 10.8 Å². The Bertz CT molecular complexity index is 560. The Hall–Kier alpha value is -1.80. The summed E-state index contributed by atoms with van der Waals surface area (Å²) in [7, 11) is 1.72. The maximum atomic E-state index is 5.41. The van der Waals surface area contributed by atoms with Crippen LogP contribution in [0, 0.1) is 0 Å². The van der Waals surface area contributed by atoms with Gasteiger partial charge in [-0.1, -0.05) is 42.5 Å². The molecule has 2 heteroatoms. The summed E-state index contributed by atoms with van der Waals surface area (Å²) in [5.41, 5.74) is 1.32. The molecule has 0 saturated heterocycles. The van der Waals surface area contributed by atoms with Gasteiger partial charge < -0.3 is 10.1 Å². The molecule has 19 heavy (non-hydrogen) atoms. The van der Waals surface area contributed by atoms with E-state index in [1.807, 2.05) is 12.1 Å². The highest BCUT2D eigenvalue weighted by molar-refractivity contribution is 5.91. The first-order valence-corrected chi connectivity index (χ1v) is 6.73. The lowest BCUT2D eigenvalue weighted by molar-refractivity contribution is 0.419. The molecular weight excluding hydrogens is 234 g/mol. The van der Waals surface area contributed by atoms with Crippen molar-refractivity contribution in [3.8, 4) is 5.75 Å². The zero-order chi connectivity index (χ0) is 13.5. The van der Waals surface area contributed by atoms with Crippen LogP contribution in [-0.2, 0) is 6.54 Å². The fourth-order valence-electron chi connectivity index (χ4n) is 2.24. The van der Waals surface area contributed by atoms with Crippen molar-refractivity contribution < 1.29 is 4.74 Å². The van der Waals surface area contributed by atoms with Gasteiger partial charge in [0, 0.05) is 11.9 Å². The number of ether oxygens (including phenoxy) is 1. The van der Waals surface area contributed by atoms with Crippen molar-refractivity contribution >= 4 is 10.8 Å². The first-order chi connectivity index (χ1) is 9.36. The highest BCUT2D eigenvalue weighted by atomic mass is 16.5. The number of hydrogen-bond donors (Lipinski definition) is 1. The van der Waals surface area contributed by atoms with E-state index >= 15 is 0 Å². The molecule has 2 nitrogen and oxygen atoms in total. The van der Waals surface area contributed by atoms with Crippen LogP contribution in [0.2, 0.25) is 0 Å². The van der Waals surface area contributed by atoms with E-state index in [0.29, 0.717) is 0 Å². The summed E-state index contributed by atoms with van der Waals surface area (Å²) in [4.78, 5) is 0. The number of methoxy groups -OCH3 is 1. The van der Waals surface area contributed by atoms with Crippen LogP contribution in [0.4, 0.5) is 0 Å². The number of hydrogen-bond acceptors (Lipinski definition) is 2. The number of rotatable bonds is 6. The van der Waals surface area contributed by atoms with Crippen LogP contribution in [0.1, 0.15) is 18.9 Å². The second-order valence-electron chi connectivity index (χ2n) is 4.51. The fraction of sp³-hybridized carbons (Fsp3) is 0.294. The van der Waals surface area contributed by atoms with Crippen LogP contribution in [0.3, 0.4) is 0 Å². The maximum absolute atomic E-state index is 5.41. The second-order valence-corrected chi connectivity index (χ2v) is 4.51. The number of nitrogens with one attached hydrogen (secondary N) is 1. The van der Waals surface area contributed by atoms with E-state index in [0.717, 1.165) is 25.3 Å². The lowest BCUT2D eigenvalue weighted by atomic mass is 10.0. The molecule has 0 heterocycles. The summed E-state index contributed by atoms with van der Waals surface area (Å²) in [6.07, 6.45) is 5.34. The van der Waals surface area contributed by atoms with Crippen LogP contribution in [0.15, 0.2) is 48.6 Å². The van der Waals surface area contributed by atoms with E-state index in [4.69, 9.17) is 4.74 Å². The Morgan fingerprint density at radius 2 is 1.89 bits per heavy atom. The number of allylic oxidation sites excluding steroid dienone is 1. The molecule has 0 unspecified atom stereocenters. The van der Waals surface area contributed by atoms with Crippen LogP contribution in [-0.4, -0.2) is 13.7 Å². The van der Waals surface area contributed by atoms with Crippen LogP contribution >= 0.6 is 0 Å². The Kier molecular flexibility index (Phi) is 4.99. The van der Waals surface area contributed by atoms with Crippen molar-refractivity contribution in [2.45, 2.75) is 19.9 Å². The highest BCUT2D eigenvalue weighted by Crippen LogP contribution is 2.28. The molecule has 0 spiro atoms. The standard InChI is InChI=1S/C17H21NO/c1-3-4-7-12-18-13-14-10-11-17(19-2)16-9-6-5-8-15(14)16/h3-6,8-11,18H,7,12-13H2,1-2H3/b4-3+. The molecule has 0 atom stereocenters. The predicted octanol–water partition coefficient (Wildman–Crippen LogP) is 3.90. The summed E-state index contributed by atoms with van der Waals surface area (Å²) >= 11 is 0. The highest BCUT2D eigenvalue weighted by Gasteiger charge is 2.05. The Morgan fingerprint density at radius 1 is 1.11 bits per heavy atom. The third kappa shape index (κ3) is 3.36. The summed E-state index contributed by atoms with van der Waals surface area (Å²) in [6, 6.07) is 12.6. The Labute approximate surface area is 115 Å². The summed E-state index contributed by atoms with van der Waals surface area (Å²) in [6.45, 7) is 3.95. The molecule has 0 aliphatic heterocycles. The van der Waals surface area contributed by atoms with Gasteiger partial charge in [-0.2, -0.15) is 0 Å². The molecule has 0 radical (unpaired) electrons. The molecule has 0 fully saturated rings. The van der Waals surface area contributed by atoms with Gasteiger partial charge in [-0.25, -0.2) is 0 Å². The van der Waals surface area contributed by atoms with E-state index in [1.54, 1.807) is 7.11 Å². The first kappa shape index (κ1) is 13.6. The van der Waals surface area contributed by atoms with Crippen molar-refractivity contribution in [3.05, 3.63) is 54.1 Å². The van der Waals surface area contributed by atoms with Gasteiger partial charge in [0.25, 0.3) is 0 Å². The maximum Gasteiger partial charge on any atom is 0.126 e. The SMILES string of the molecule is C/C=C/CCNCc1ccc(OC)c2ccccc12. The molecule has 0 aromatic heterocycles. The van der Waals surface area contributed by atoms with Gasteiger partial charge in [0.15, 0.2) is 0 Å². The van der Waals surface area contributed by atoms with E-state index in [9.17, 15) is 0 Å². The molecule has 2 aromatic carbocycles. The molecule has 0 aliphatic rings. The molecule has 2 rings (SSSR count). The van der Waals surface area contributed by atoms with Gasteiger partial charge in [-0.05, 0) is 36.9 Å². The van der Waals surface area contributed by atoms with Crippen molar-refractivity contribution in [3.63, 3.8) is 0 Å². The Morgan fingerprint density at radius 3 is 2.63 bits per heavy atom. The molecule has 2 aromatic rings. The zero-order valence-electron chi connectivity index (χ0n) is 11.6. The molecule has 0 bridgehead atoms. The first-order valence-electron chi connectivity index (χ1n) is 6.73. The fourth-order valence-corrected chi connectivity index (χ4v) is 2.24. The van der Waals surface area contributed by atoms with Crippen LogP contribution in [0.5, 0.6) is 5.75 Å². The summed E-state index contributed by atoms with van der Waals surface area (Å²) < 4.78 is 5.41. The van der Waals surface area contributed by atoms with Gasteiger partial charge in [0.2, 0.25) is 0 Å². The topological polar surface area (TPSA) is 21.3 Å². The lowest BCUT2D eigenvalue weighted by Crippen LogP contribution is -2.14. The van der Waals surface area contributed by atoms with Crippen molar-refractivity contribution in [1.29, 1.82) is 0 Å². The van der Waals surface area contributed by atoms with Crippen molar-refractivity contribution in [1.82, 2.24) is 5.32 Å². The molecule has 100 valence electrons. The van der Waals surface area contributed by atoms with Gasteiger partial charge in [0.05, 0.1) is 7.11 Å². The second kappa shape index (κ2) is 6.95. The minimum absolute atomic E-state index is 0.891. The number of fused-ring (bicyclic) bond motifs is 1. The van der Waals surface area contributed by atoms with Crippen molar-refractivity contribution in [2.75, 3.05) is 13.7 Å². The van der Waals surface area contributed by atoms with Gasteiger partial charge in [-0.3, -0.25) is 0 Å². The largest absolute Gasteiger partial charge is 0.496 e. The normalized spacial score (nSPS) is 11.3. The molecule has 0 amide bonds. The van der Waals surface area contributed by atoms with E-state index in [-0.39, 0.29) is 0 Å². The summed E-state index contributed by atoms with van der Waals surface area (Å²) in [5.74, 6) is 0.938. The van der Waals surface area contributed by atoms with Gasteiger partial charge in [0.1, 0.15) is 5.75 Å². The molecule has 0 saturated carbocycles. The van der Waals surface area contributed by atoms with Gasteiger partial charge >= 0.3 is 0 Å². The third-order valence-electron chi connectivity index (χ3n) is 3.23. The molecule has 1 N–H and O–H groups in total. The quantitative estimate of drug-likeness (QED) is 0.624. The average molecular weight is 255 g/mol. The number of benzene rings is 2. The Balaban J connectivity index is 2.15. The van der Waals surface area contributed by atoms with E-state index in [1.165, 1.54) is 16.3 Å².